The van der Waals surface area contributed by atoms with Crippen molar-refractivity contribution in [3.8, 4) is 5.75 Å². The number of esters is 2. The molecule has 3 rings (SSSR count). The topological polar surface area (TPSA) is 128 Å². The molecular formula is C25H35N3O7. The Morgan fingerprint density at radius 2 is 1.97 bits per heavy atom. The third kappa shape index (κ3) is 6.50. The average Bonchev–Trinajstić information content (AvgIpc) is 3.38. The van der Waals surface area contributed by atoms with Crippen LogP contribution in [0.3, 0.4) is 0 Å². The molecule has 0 radical (unpaired) electrons. The highest BCUT2D eigenvalue weighted by atomic mass is 16.6. The minimum absolute atomic E-state index is 0.0256. The fourth-order valence-corrected chi connectivity index (χ4v) is 4.52. The predicted molar refractivity (Wildman–Crippen MR) is 126 cm³/mol. The summed E-state index contributed by atoms with van der Waals surface area (Å²) in [5, 5.41) is 0. The number of rotatable bonds is 10. The lowest BCUT2D eigenvalue weighted by atomic mass is 10.1. The second-order valence-electron chi connectivity index (χ2n) is 9.82. The van der Waals surface area contributed by atoms with E-state index in [-0.39, 0.29) is 37.3 Å². The first-order valence-corrected chi connectivity index (χ1v) is 11.9. The molecular weight excluding hydrogens is 454 g/mol. The third-order valence-corrected chi connectivity index (χ3v) is 6.19. The van der Waals surface area contributed by atoms with Crippen molar-refractivity contribution in [3.63, 3.8) is 0 Å². The first kappa shape index (κ1) is 26.5. The average molecular weight is 490 g/mol. The van der Waals surface area contributed by atoms with Crippen LogP contribution in [0.1, 0.15) is 62.4 Å². The normalized spacial score (nSPS) is 18.8. The number of nitrogens with zero attached hydrogens (tertiary/aromatic N) is 2. The summed E-state index contributed by atoms with van der Waals surface area (Å²) in [6.45, 7) is 7.36. The van der Waals surface area contributed by atoms with Gasteiger partial charge in [0.15, 0.2) is 0 Å². The zero-order chi connectivity index (χ0) is 25.8. The molecule has 0 saturated carbocycles. The lowest BCUT2D eigenvalue weighted by Gasteiger charge is -2.27. The van der Waals surface area contributed by atoms with Crippen LogP contribution in [-0.2, 0) is 30.4 Å². The van der Waals surface area contributed by atoms with Crippen LogP contribution in [0.2, 0.25) is 0 Å². The van der Waals surface area contributed by atoms with Crippen LogP contribution in [0.4, 0.5) is 0 Å². The molecule has 0 bridgehead atoms. The van der Waals surface area contributed by atoms with Crippen LogP contribution in [0.5, 0.6) is 5.75 Å². The summed E-state index contributed by atoms with van der Waals surface area (Å²) in [5.74, 6) is -1.16. The van der Waals surface area contributed by atoms with E-state index < -0.39 is 23.5 Å². The Morgan fingerprint density at radius 1 is 1.23 bits per heavy atom. The van der Waals surface area contributed by atoms with E-state index in [0.717, 1.165) is 19.4 Å². The van der Waals surface area contributed by atoms with E-state index in [4.69, 9.17) is 15.2 Å². The Hall–Kier alpha value is -3.14. The third-order valence-electron chi connectivity index (χ3n) is 6.19. The number of hydrogen-bond acceptors (Lipinski definition) is 8. The fourth-order valence-electron chi connectivity index (χ4n) is 4.52. The molecule has 2 unspecified atom stereocenters. The maximum Gasteiger partial charge on any atom is 0.323 e. The molecule has 2 aliphatic heterocycles. The Bertz CT molecular complexity index is 972. The van der Waals surface area contributed by atoms with Gasteiger partial charge in [-0.15, -0.1) is 0 Å². The van der Waals surface area contributed by atoms with Crippen molar-refractivity contribution < 1.29 is 33.4 Å². The van der Waals surface area contributed by atoms with Crippen LogP contribution in [0, 0.1) is 0 Å². The standard InChI is InChI=1S/C25H35N3O7/c1-25(2,3)35-24(32)19-8-6-12-27(19)13-14-34-20-9-5-7-16-17(20)15-28(23(16)31)18(22(26)30)10-11-21(29)33-4/h5,7,9,18-19H,6,8,10-15H2,1-4H3,(H2,26,30). The number of likely N-dealkylation sites (tertiary alicyclic amines) is 1. The predicted octanol–water partition coefficient (Wildman–Crippen LogP) is 1.63. The summed E-state index contributed by atoms with van der Waals surface area (Å²) < 4.78 is 16.2. The molecule has 10 heteroatoms. The number of hydrogen-bond donors (Lipinski definition) is 1. The molecule has 0 aliphatic carbocycles. The summed E-state index contributed by atoms with van der Waals surface area (Å²) in [5.41, 5.74) is 6.13. The highest BCUT2D eigenvalue weighted by molar-refractivity contribution is 6.01. The van der Waals surface area contributed by atoms with Crippen molar-refractivity contribution in [1.29, 1.82) is 0 Å². The van der Waals surface area contributed by atoms with Gasteiger partial charge in [-0.3, -0.25) is 24.1 Å². The second-order valence-corrected chi connectivity index (χ2v) is 9.82. The number of primary amides is 1. The molecule has 2 aliphatic rings. The van der Waals surface area contributed by atoms with E-state index in [1.54, 1.807) is 18.2 Å². The SMILES string of the molecule is COC(=O)CCC(C(N)=O)N1Cc2c(OCCN3CCCC3C(=O)OC(C)(C)C)cccc2C1=O. The molecule has 1 fully saturated rings. The molecule has 1 aromatic rings. The number of benzene rings is 1. The van der Waals surface area contributed by atoms with Crippen LogP contribution in [0.15, 0.2) is 18.2 Å². The quantitative estimate of drug-likeness (QED) is 0.491. The Labute approximate surface area is 205 Å². The van der Waals surface area contributed by atoms with Crippen molar-refractivity contribution in [2.24, 2.45) is 5.73 Å². The molecule has 192 valence electrons. The van der Waals surface area contributed by atoms with Crippen LogP contribution in [-0.4, -0.2) is 78.0 Å². The zero-order valence-electron chi connectivity index (χ0n) is 20.9. The van der Waals surface area contributed by atoms with Gasteiger partial charge in [0, 0.05) is 24.1 Å². The van der Waals surface area contributed by atoms with E-state index in [1.807, 2.05) is 20.8 Å². The maximum atomic E-state index is 13.0. The molecule has 2 atom stereocenters. The molecule has 2 amide bonds. The van der Waals surface area contributed by atoms with E-state index in [1.165, 1.54) is 12.0 Å². The van der Waals surface area contributed by atoms with Gasteiger partial charge < -0.3 is 24.8 Å². The molecule has 1 aromatic carbocycles. The van der Waals surface area contributed by atoms with E-state index in [9.17, 15) is 19.2 Å². The molecule has 0 aromatic heterocycles. The van der Waals surface area contributed by atoms with E-state index in [2.05, 4.69) is 9.64 Å². The van der Waals surface area contributed by atoms with Crippen molar-refractivity contribution in [2.45, 2.75) is 70.7 Å². The monoisotopic (exact) mass is 489 g/mol. The minimum atomic E-state index is -0.930. The van der Waals surface area contributed by atoms with Gasteiger partial charge in [-0.25, -0.2) is 0 Å². The lowest BCUT2D eigenvalue weighted by Crippen LogP contribution is -2.45. The Balaban J connectivity index is 1.63. The Kier molecular flexibility index (Phi) is 8.37. The van der Waals surface area contributed by atoms with Gasteiger partial charge in [0.2, 0.25) is 5.91 Å². The van der Waals surface area contributed by atoms with Crippen LogP contribution < -0.4 is 10.5 Å². The second kappa shape index (κ2) is 11.1. The minimum Gasteiger partial charge on any atom is -0.492 e. The number of carbonyl (C=O) groups excluding carboxylic acids is 4. The zero-order valence-corrected chi connectivity index (χ0v) is 20.9. The first-order valence-electron chi connectivity index (χ1n) is 11.9. The summed E-state index contributed by atoms with van der Waals surface area (Å²) in [6.07, 6.45) is 1.72. The van der Waals surface area contributed by atoms with Crippen molar-refractivity contribution in [1.82, 2.24) is 9.80 Å². The largest absolute Gasteiger partial charge is 0.492 e. The molecule has 2 N–H and O–H groups in total. The molecule has 2 heterocycles. The number of ether oxygens (including phenoxy) is 3. The van der Waals surface area contributed by atoms with Crippen molar-refractivity contribution in [2.75, 3.05) is 26.8 Å². The Morgan fingerprint density at radius 3 is 2.63 bits per heavy atom. The van der Waals surface area contributed by atoms with Gasteiger partial charge in [-0.2, -0.15) is 0 Å². The van der Waals surface area contributed by atoms with Crippen LogP contribution >= 0.6 is 0 Å². The fraction of sp³-hybridized carbons (Fsp3) is 0.600. The molecule has 35 heavy (non-hydrogen) atoms. The number of fused-ring (bicyclic) bond motifs is 1. The van der Waals surface area contributed by atoms with Crippen molar-refractivity contribution in [3.05, 3.63) is 29.3 Å². The summed E-state index contributed by atoms with van der Waals surface area (Å²) >= 11 is 0. The molecule has 1 saturated heterocycles. The summed E-state index contributed by atoms with van der Waals surface area (Å²) in [4.78, 5) is 52.6. The highest BCUT2D eigenvalue weighted by Gasteiger charge is 2.38. The summed E-state index contributed by atoms with van der Waals surface area (Å²) in [6, 6.07) is 3.96. The lowest BCUT2D eigenvalue weighted by molar-refractivity contribution is -0.160. The number of methoxy groups -OCH3 is 1. The maximum absolute atomic E-state index is 13.0. The molecule has 10 nitrogen and oxygen atoms in total. The number of amides is 2. The van der Waals surface area contributed by atoms with Crippen LogP contribution in [0.25, 0.3) is 0 Å². The molecule has 0 spiro atoms. The van der Waals surface area contributed by atoms with Gasteiger partial charge in [0.25, 0.3) is 5.91 Å². The van der Waals surface area contributed by atoms with Crippen molar-refractivity contribution >= 4 is 23.8 Å². The van der Waals surface area contributed by atoms with Gasteiger partial charge in [-0.1, -0.05) is 6.07 Å². The summed E-state index contributed by atoms with van der Waals surface area (Å²) in [7, 11) is 1.26. The van der Waals surface area contributed by atoms with Gasteiger partial charge in [-0.05, 0) is 58.7 Å². The van der Waals surface area contributed by atoms with Gasteiger partial charge >= 0.3 is 11.9 Å². The number of nitrogens with two attached hydrogens (primary N) is 1. The smallest absolute Gasteiger partial charge is 0.323 e. The van der Waals surface area contributed by atoms with E-state index >= 15 is 0 Å². The van der Waals surface area contributed by atoms with E-state index in [0.29, 0.717) is 30.0 Å². The first-order chi connectivity index (χ1) is 16.5. The van der Waals surface area contributed by atoms with Gasteiger partial charge in [0.05, 0.1) is 13.7 Å². The highest BCUT2D eigenvalue weighted by Crippen LogP contribution is 2.33. The number of carbonyl (C=O) groups is 4. The van der Waals surface area contributed by atoms with Gasteiger partial charge in [0.1, 0.15) is 30.0 Å².